The Kier molecular flexibility index (Phi) is 3.86. The molecule has 0 atom stereocenters. The molecule has 3 N–H and O–H groups in total. The maximum atomic E-state index is 12.0. The third-order valence-electron chi connectivity index (χ3n) is 2.49. The van der Waals surface area contributed by atoms with E-state index in [4.69, 9.17) is 16.7 Å². The molecule has 0 radical (unpaired) electrons. The molecule has 102 valence electrons. The van der Waals surface area contributed by atoms with E-state index in [1.165, 1.54) is 36.7 Å². The molecule has 2 aromatic rings. The van der Waals surface area contributed by atoms with Gasteiger partial charge in [-0.2, -0.15) is 0 Å². The van der Waals surface area contributed by atoms with Gasteiger partial charge in [0.2, 0.25) is 0 Å². The summed E-state index contributed by atoms with van der Waals surface area (Å²) in [6.45, 7) is 0. The van der Waals surface area contributed by atoms with Crippen LogP contribution in [0, 0.1) is 0 Å². The molecule has 7 heteroatoms. The van der Waals surface area contributed by atoms with E-state index in [9.17, 15) is 14.7 Å². The van der Waals surface area contributed by atoms with Crippen molar-refractivity contribution in [2.24, 2.45) is 0 Å². The summed E-state index contributed by atoms with van der Waals surface area (Å²) >= 11 is 5.86. The molecular weight excluding hydrogens is 284 g/mol. The molecule has 0 bridgehead atoms. The number of hydrogen-bond acceptors (Lipinski definition) is 4. The highest BCUT2D eigenvalue weighted by molar-refractivity contribution is 6.34. The average Bonchev–Trinajstić information content (AvgIpc) is 2.41. The number of carbonyl (C=O) groups is 2. The summed E-state index contributed by atoms with van der Waals surface area (Å²) in [4.78, 5) is 26.8. The number of carboxylic acids is 1. The molecular formula is C13H9ClN2O4. The highest BCUT2D eigenvalue weighted by atomic mass is 35.5. The van der Waals surface area contributed by atoms with Crippen molar-refractivity contribution in [3.63, 3.8) is 0 Å². The Labute approximate surface area is 118 Å². The first-order chi connectivity index (χ1) is 9.49. The molecule has 6 nitrogen and oxygen atoms in total. The van der Waals surface area contributed by atoms with Gasteiger partial charge in [-0.1, -0.05) is 11.6 Å². The predicted octanol–water partition coefficient (Wildman–Crippen LogP) is 2.39. The van der Waals surface area contributed by atoms with Crippen LogP contribution >= 0.6 is 11.6 Å². The lowest BCUT2D eigenvalue weighted by molar-refractivity contribution is 0.0698. The van der Waals surface area contributed by atoms with Crippen molar-refractivity contribution in [2.75, 3.05) is 5.32 Å². The van der Waals surface area contributed by atoms with Gasteiger partial charge < -0.3 is 15.5 Å². The number of hydrogen-bond donors (Lipinski definition) is 3. The molecule has 1 aromatic carbocycles. The van der Waals surface area contributed by atoms with Gasteiger partial charge in [-0.3, -0.25) is 9.78 Å². The number of nitrogens with one attached hydrogen (secondary N) is 1. The Morgan fingerprint density at radius 1 is 1.20 bits per heavy atom. The van der Waals surface area contributed by atoms with Crippen molar-refractivity contribution >= 4 is 29.2 Å². The maximum absolute atomic E-state index is 12.0. The van der Waals surface area contributed by atoms with Crippen LogP contribution in [0.1, 0.15) is 20.7 Å². The summed E-state index contributed by atoms with van der Waals surface area (Å²) in [6.07, 6.45) is 2.53. The molecule has 20 heavy (non-hydrogen) atoms. The summed E-state index contributed by atoms with van der Waals surface area (Å²) in [5.41, 5.74) is -0.0131. The SMILES string of the molecule is O=C(Nc1cnccc1C(=O)O)c1cc(O)ccc1Cl. The lowest BCUT2D eigenvalue weighted by Crippen LogP contribution is -2.15. The Bertz CT molecular complexity index is 688. The van der Waals surface area contributed by atoms with Crippen LogP contribution in [0.4, 0.5) is 5.69 Å². The number of halogens is 1. The van der Waals surface area contributed by atoms with Gasteiger partial charge in [0.15, 0.2) is 0 Å². The van der Waals surface area contributed by atoms with E-state index in [0.717, 1.165) is 0 Å². The highest BCUT2D eigenvalue weighted by Gasteiger charge is 2.16. The van der Waals surface area contributed by atoms with Crippen LogP contribution in [0.2, 0.25) is 5.02 Å². The number of phenols is 1. The number of phenolic OH excluding ortho intramolecular Hbond substituents is 1. The van der Waals surface area contributed by atoms with Gasteiger partial charge >= 0.3 is 5.97 Å². The summed E-state index contributed by atoms with van der Waals surface area (Å²) in [6, 6.07) is 5.16. The Hall–Kier alpha value is -2.60. The van der Waals surface area contributed by atoms with Gasteiger partial charge in [0, 0.05) is 6.20 Å². The predicted molar refractivity (Wildman–Crippen MR) is 72.3 cm³/mol. The highest BCUT2D eigenvalue weighted by Crippen LogP contribution is 2.23. The lowest BCUT2D eigenvalue weighted by atomic mass is 10.1. The Morgan fingerprint density at radius 3 is 2.65 bits per heavy atom. The fourth-order valence-corrected chi connectivity index (χ4v) is 1.76. The van der Waals surface area contributed by atoms with Crippen LogP contribution in [0.5, 0.6) is 5.75 Å². The fourth-order valence-electron chi connectivity index (χ4n) is 1.56. The largest absolute Gasteiger partial charge is 0.508 e. The second kappa shape index (κ2) is 5.58. The van der Waals surface area contributed by atoms with Crippen molar-refractivity contribution in [1.29, 1.82) is 0 Å². The average molecular weight is 293 g/mol. The van der Waals surface area contributed by atoms with Crippen molar-refractivity contribution in [3.05, 3.63) is 52.8 Å². The van der Waals surface area contributed by atoms with Crippen molar-refractivity contribution in [2.45, 2.75) is 0 Å². The molecule has 0 aliphatic rings. The molecule has 0 aliphatic heterocycles. The topological polar surface area (TPSA) is 99.5 Å². The first-order valence-electron chi connectivity index (χ1n) is 5.46. The van der Waals surface area contributed by atoms with Gasteiger partial charge in [0.25, 0.3) is 5.91 Å². The van der Waals surface area contributed by atoms with Gasteiger partial charge in [-0.05, 0) is 24.3 Å². The van der Waals surface area contributed by atoms with Crippen LogP contribution in [0.3, 0.4) is 0 Å². The number of aromatic nitrogens is 1. The third-order valence-corrected chi connectivity index (χ3v) is 2.82. The molecule has 0 spiro atoms. The van der Waals surface area contributed by atoms with E-state index in [2.05, 4.69) is 10.3 Å². The summed E-state index contributed by atoms with van der Waals surface area (Å²) in [5.74, 6) is -1.95. The third kappa shape index (κ3) is 2.86. The number of aromatic hydroxyl groups is 1. The number of benzene rings is 1. The smallest absolute Gasteiger partial charge is 0.337 e. The quantitative estimate of drug-likeness (QED) is 0.806. The maximum Gasteiger partial charge on any atom is 0.337 e. The first-order valence-corrected chi connectivity index (χ1v) is 5.84. The fraction of sp³-hybridized carbons (Fsp3) is 0. The van der Waals surface area contributed by atoms with Crippen LogP contribution < -0.4 is 5.32 Å². The second-order valence-electron chi connectivity index (χ2n) is 3.84. The van der Waals surface area contributed by atoms with E-state index < -0.39 is 11.9 Å². The molecule has 1 amide bonds. The number of anilines is 1. The van der Waals surface area contributed by atoms with Crippen LogP contribution in [-0.4, -0.2) is 27.1 Å². The molecule has 0 saturated heterocycles. The zero-order valence-electron chi connectivity index (χ0n) is 10.0. The number of pyridine rings is 1. The zero-order valence-corrected chi connectivity index (χ0v) is 10.8. The number of amides is 1. The standard InChI is InChI=1S/C13H9ClN2O4/c14-10-2-1-7(17)5-9(10)12(18)16-11-6-15-4-3-8(11)13(19)20/h1-6,17H,(H,16,18)(H,19,20). The molecule has 2 rings (SSSR count). The number of carbonyl (C=O) groups excluding carboxylic acids is 1. The van der Waals surface area contributed by atoms with Crippen LogP contribution in [0.15, 0.2) is 36.7 Å². The van der Waals surface area contributed by atoms with Gasteiger partial charge in [-0.25, -0.2) is 4.79 Å². The van der Waals surface area contributed by atoms with E-state index >= 15 is 0 Å². The number of aromatic carboxylic acids is 1. The van der Waals surface area contributed by atoms with E-state index in [1.807, 2.05) is 0 Å². The monoisotopic (exact) mass is 292 g/mol. The molecule has 0 fully saturated rings. The minimum Gasteiger partial charge on any atom is -0.508 e. The van der Waals surface area contributed by atoms with Gasteiger partial charge in [0.1, 0.15) is 5.75 Å². The van der Waals surface area contributed by atoms with Crippen molar-refractivity contribution in [3.8, 4) is 5.75 Å². The molecule has 1 aromatic heterocycles. The van der Waals surface area contributed by atoms with Crippen molar-refractivity contribution < 1.29 is 19.8 Å². The molecule has 0 aliphatic carbocycles. The van der Waals surface area contributed by atoms with Crippen LogP contribution in [0.25, 0.3) is 0 Å². The number of rotatable bonds is 3. The Balaban J connectivity index is 2.33. The molecule has 0 saturated carbocycles. The Morgan fingerprint density at radius 2 is 1.95 bits per heavy atom. The zero-order chi connectivity index (χ0) is 14.7. The summed E-state index contributed by atoms with van der Waals surface area (Å²) in [5, 5.41) is 20.9. The summed E-state index contributed by atoms with van der Waals surface area (Å²) < 4.78 is 0. The first kappa shape index (κ1) is 13.8. The van der Waals surface area contributed by atoms with E-state index in [-0.39, 0.29) is 27.6 Å². The summed E-state index contributed by atoms with van der Waals surface area (Å²) in [7, 11) is 0. The van der Waals surface area contributed by atoms with Crippen molar-refractivity contribution in [1.82, 2.24) is 4.98 Å². The van der Waals surface area contributed by atoms with E-state index in [1.54, 1.807) is 0 Å². The van der Waals surface area contributed by atoms with Gasteiger partial charge in [-0.15, -0.1) is 0 Å². The van der Waals surface area contributed by atoms with E-state index in [0.29, 0.717) is 0 Å². The number of carboxylic acid groups (broad SMARTS) is 1. The second-order valence-corrected chi connectivity index (χ2v) is 4.25. The number of nitrogens with zero attached hydrogens (tertiary/aromatic N) is 1. The van der Waals surface area contributed by atoms with Gasteiger partial charge in [0.05, 0.1) is 28.0 Å². The lowest BCUT2D eigenvalue weighted by Gasteiger charge is -2.09. The normalized spacial score (nSPS) is 10.1. The molecule has 1 heterocycles. The minimum absolute atomic E-state index is 0.0341. The minimum atomic E-state index is -1.19. The van der Waals surface area contributed by atoms with Crippen LogP contribution in [-0.2, 0) is 0 Å². The molecule has 0 unspecified atom stereocenters.